The van der Waals surface area contributed by atoms with Gasteiger partial charge >= 0.3 is 0 Å². The zero-order valence-electron chi connectivity index (χ0n) is 12.9. The van der Waals surface area contributed by atoms with Crippen molar-refractivity contribution in [2.75, 3.05) is 6.54 Å². The molecule has 0 bridgehead atoms. The number of nitrogens with zero attached hydrogens (tertiary/aromatic N) is 3. The molecule has 114 valence electrons. The maximum atomic E-state index is 6.39. The Bertz CT molecular complexity index is 551. The summed E-state index contributed by atoms with van der Waals surface area (Å²) in [5, 5.41) is 8.72. The fraction of sp³-hybridized carbons (Fsp3) is 0.500. The van der Waals surface area contributed by atoms with Gasteiger partial charge in [-0.3, -0.25) is 9.67 Å². The molecule has 1 N–H and O–H groups in total. The maximum Gasteiger partial charge on any atom is 0.0834 e. The van der Waals surface area contributed by atoms with Crippen molar-refractivity contribution in [2.45, 2.75) is 45.7 Å². The summed E-state index contributed by atoms with van der Waals surface area (Å²) in [5.74, 6) is 0. The largest absolute Gasteiger partial charge is 0.308 e. The maximum absolute atomic E-state index is 6.39. The molecule has 1 atom stereocenters. The van der Waals surface area contributed by atoms with Gasteiger partial charge in [0.2, 0.25) is 0 Å². The van der Waals surface area contributed by atoms with E-state index in [0.29, 0.717) is 0 Å². The van der Waals surface area contributed by atoms with Crippen molar-refractivity contribution < 1.29 is 0 Å². The van der Waals surface area contributed by atoms with Gasteiger partial charge in [-0.2, -0.15) is 5.10 Å². The van der Waals surface area contributed by atoms with Gasteiger partial charge in [-0.15, -0.1) is 0 Å². The Morgan fingerprint density at radius 3 is 2.76 bits per heavy atom. The second-order valence-electron chi connectivity index (χ2n) is 5.49. The van der Waals surface area contributed by atoms with E-state index >= 15 is 0 Å². The van der Waals surface area contributed by atoms with E-state index in [9.17, 15) is 0 Å². The molecule has 4 nitrogen and oxygen atoms in total. The van der Waals surface area contributed by atoms with E-state index in [1.807, 2.05) is 16.9 Å². The molecule has 0 spiro atoms. The molecule has 5 heteroatoms. The Balaban J connectivity index is 2.29. The molecule has 2 rings (SSSR count). The predicted molar refractivity (Wildman–Crippen MR) is 86.6 cm³/mol. The van der Waals surface area contributed by atoms with Crippen LogP contribution in [0.1, 0.15) is 50.5 Å². The van der Waals surface area contributed by atoms with Crippen molar-refractivity contribution in [1.82, 2.24) is 20.1 Å². The Morgan fingerprint density at radius 1 is 1.33 bits per heavy atom. The summed E-state index contributed by atoms with van der Waals surface area (Å²) in [5.41, 5.74) is 2.25. The number of hydrogen-bond donors (Lipinski definition) is 1. The van der Waals surface area contributed by atoms with Crippen LogP contribution in [0.15, 0.2) is 30.7 Å². The van der Waals surface area contributed by atoms with Crippen molar-refractivity contribution >= 4 is 11.6 Å². The van der Waals surface area contributed by atoms with Crippen LogP contribution in [0.2, 0.25) is 5.02 Å². The standard InChI is InChI=1S/C16H23ClN4/c1-4-7-19-15(9-13-6-5-8-18-10-13)16-14(17)11-20-21(16)12(2)3/h5-6,8,10-12,15,19H,4,7,9H2,1-3H3. The number of rotatable bonds is 7. The Kier molecular flexibility index (Phi) is 5.76. The lowest BCUT2D eigenvalue weighted by Gasteiger charge is -2.22. The number of pyridine rings is 1. The van der Waals surface area contributed by atoms with Gasteiger partial charge in [0.1, 0.15) is 0 Å². The molecule has 0 aliphatic heterocycles. The summed E-state index contributed by atoms with van der Waals surface area (Å²) in [6.07, 6.45) is 7.37. The molecule has 0 aliphatic rings. The predicted octanol–water partition coefficient (Wildman–Crippen LogP) is 3.80. The highest BCUT2D eigenvalue weighted by Gasteiger charge is 2.21. The minimum Gasteiger partial charge on any atom is -0.308 e. The fourth-order valence-electron chi connectivity index (χ4n) is 2.43. The first-order chi connectivity index (χ1) is 10.1. The fourth-order valence-corrected chi connectivity index (χ4v) is 2.69. The summed E-state index contributed by atoms with van der Waals surface area (Å²) in [4.78, 5) is 4.20. The number of nitrogens with one attached hydrogen (secondary N) is 1. The molecular formula is C16H23ClN4. The van der Waals surface area contributed by atoms with Crippen molar-refractivity contribution in [2.24, 2.45) is 0 Å². The average molecular weight is 307 g/mol. The molecule has 0 fully saturated rings. The summed E-state index contributed by atoms with van der Waals surface area (Å²) < 4.78 is 2.01. The van der Waals surface area contributed by atoms with Crippen molar-refractivity contribution in [1.29, 1.82) is 0 Å². The molecule has 0 saturated heterocycles. The van der Waals surface area contributed by atoms with Crippen LogP contribution in [0.3, 0.4) is 0 Å². The van der Waals surface area contributed by atoms with Crippen LogP contribution in [0.5, 0.6) is 0 Å². The van der Waals surface area contributed by atoms with Crippen molar-refractivity contribution in [3.63, 3.8) is 0 Å². The van der Waals surface area contributed by atoms with E-state index in [-0.39, 0.29) is 12.1 Å². The lowest BCUT2D eigenvalue weighted by atomic mass is 10.0. The zero-order valence-corrected chi connectivity index (χ0v) is 13.6. The van der Waals surface area contributed by atoms with E-state index in [0.717, 1.165) is 30.1 Å². The molecule has 1 unspecified atom stereocenters. The zero-order chi connectivity index (χ0) is 15.2. The van der Waals surface area contributed by atoms with Gasteiger partial charge in [-0.05, 0) is 44.9 Å². The highest BCUT2D eigenvalue weighted by atomic mass is 35.5. The number of aromatic nitrogens is 3. The van der Waals surface area contributed by atoms with Crippen LogP contribution < -0.4 is 5.32 Å². The van der Waals surface area contributed by atoms with Gasteiger partial charge in [-0.1, -0.05) is 24.6 Å². The monoisotopic (exact) mass is 306 g/mol. The van der Waals surface area contributed by atoms with Crippen LogP contribution in [0, 0.1) is 0 Å². The van der Waals surface area contributed by atoms with Gasteiger partial charge < -0.3 is 5.32 Å². The number of halogens is 1. The molecule has 2 heterocycles. The second kappa shape index (κ2) is 7.57. The number of hydrogen-bond acceptors (Lipinski definition) is 3. The Morgan fingerprint density at radius 2 is 2.14 bits per heavy atom. The van der Waals surface area contributed by atoms with Crippen LogP contribution >= 0.6 is 11.6 Å². The lowest BCUT2D eigenvalue weighted by molar-refractivity contribution is 0.442. The molecule has 0 aliphatic carbocycles. The van der Waals surface area contributed by atoms with E-state index in [1.165, 1.54) is 5.56 Å². The first-order valence-corrected chi connectivity index (χ1v) is 7.86. The normalized spacial score (nSPS) is 12.8. The van der Waals surface area contributed by atoms with Gasteiger partial charge in [0, 0.05) is 18.4 Å². The van der Waals surface area contributed by atoms with Gasteiger partial charge in [0.05, 0.1) is 23.0 Å². The third kappa shape index (κ3) is 4.05. The SMILES string of the molecule is CCCNC(Cc1cccnc1)c1c(Cl)cnn1C(C)C. The quantitative estimate of drug-likeness (QED) is 0.846. The molecule has 0 radical (unpaired) electrons. The van der Waals surface area contributed by atoms with Crippen LogP contribution in [0.25, 0.3) is 0 Å². The topological polar surface area (TPSA) is 42.7 Å². The third-order valence-electron chi connectivity index (χ3n) is 3.41. The van der Waals surface area contributed by atoms with Gasteiger partial charge in [0.15, 0.2) is 0 Å². The second-order valence-corrected chi connectivity index (χ2v) is 5.90. The van der Waals surface area contributed by atoms with Crippen molar-refractivity contribution in [3.8, 4) is 0 Å². The third-order valence-corrected chi connectivity index (χ3v) is 3.70. The highest BCUT2D eigenvalue weighted by Crippen LogP contribution is 2.28. The summed E-state index contributed by atoms with van der Waals surface area (Å²) in [6.45, 7) is 7.35. The molecule has 0 amide bonds. The van der Waals surface area contributed by atoms with Gasteiger partial charge in [0.25, 0.3) is 0 Å². The highest BCUT2D eigenvalue weighted by molar-refractivity contribution is 6.31. The summed E-state index contributed by atoms with van der Waals surface area (Å²) in [6, 6.07) is 4.49. The molecule has 2 aromatic heterocycles. The van der Waals surface area contributed by atoms with Crippen LogP contribution in [-0.2, 0) is 6.42 Å². The lowest BCUT2D eigenvalue weighted by Crippen LogP contribution is -2.27. The Hall–Kier alpha value is -1.39. The Labute approximate surface area is 131 Å². The molecule has 2 aromatic rings. The van der Waals surface area contributed by atoms with Crippen LogP contribution in [0.4, 0.5) is 0 Å². The average Bonchev–Trinajstić information content (AvgIpc) is 2.86. The minimum atomic E-state index is 0.145. The van der Waals surface area contributed by atoms with E-state index in [4.69, 9.17) is 11.6 Å². The first-order valence-electron chi connectivity index (χ1n) is 7.48. The van der Waals surface area contributed by atoms with E-state index < -0.39 is 0 Å². The molecular weight excluding hydrogens is 284 g/mol. The van der Waals surface area contributed by atoms with Crippen molar-refractivity contribution in [3.05, 3.63) is 47.0 Å². The molecule has 0 saturated carbocycles. The van der Waals surface area contributed by atoms with E-state index in [2.05, 4.69) is 42.2 Å². The smallest absolute Gasteiger partial charge is 0.0834 e. The van der Waals surface area contributed by atoms with Crippen LogP contribution in [-0.4, -0.2) is 21.3 Å². The molecule has 21 heavy (non-hydrogen) atoms. The van der Waals surface area contributed by atoms with E-state index in [1.54, 1.807) is 12.4 Å². The molecule has 0 aromatic carbocycles. The first kappa shape index (κ1) is 16.0. The minimum absolute atomic E-state index is 0.145. The summed E-state index contributed by atoms with van der Waals surface area (Å²) in [7, 11) is 0. The summed E-state index contributed by atoms with van der Waals surface area (Å²) >= 11 is 6.39. The van der Waals surface area contributed by atoms with Gasteiger partial charge in [-0.25, -0.2) is 0 Å².